The molecule has 0 spiro atoms. The van der Waals surface area contributed by atoms with Crippen molar-refractivity contribution in [2.24, 2.45) is 10.7 Å². The van der Waals surface area contributed by atoms with E-state index in [1.807, 2.05) is 18.2 Å². The molecule has 3 N–H and O–H groups in total. The minimum atomic E-state index is -3.58. The number of nitrogens with two attached hydrogens (primary N) is 1. The van der Waals surface area contributed by atoms with Crippen LogP contribution in [0.5, 0.6) is 5.75 Å². The number of nitrogens with one attached hydrogen (secondary N) is 1. The summed E-state index contributed by atoms with van der Waals surface area (Å²) in [7, 11) is -1.99. The molecular formula is C21H19N3O3S. The molecule has 142 valence electrons. The number of hydrogen-bond acceptors (Lipinski definition) is 6. The van der Waals surface area contributed by atoms with Gasteiger partial charge in [-0.15, -0.1) is 0 Å². The molecule has 0 saturated heterocycles. The van der Waals surface area contributed by atoms with Gasteiger partial charge in [-0.25, -0.2) is 13.4 Å². The summed E-state index contributed by atoms with van der Waals surface area (Å²) in [6.07, 6.45) is 1.54. The number of nitrogens with zero attached hydrogens (tertiary/aromatic N) is 1. The highest BCUT2D eigenvalue weighted by molar-refractivity contribution is 7.91. The Kier molecular flexibility index (Phi) is 4.41. The average Bonchev–Trinajstić information content (AvgIpc) is 2.74. The van der Waals surface area contributed by atoms with Crippen LogP contribution in [0.3, 0.4) is 0 Å². The fourth-order valence-electron chi connectivity index (χ4n) is 3.23. The van der Waals surface area contributed by atoms with Crippen LogP contribution < -0.4 is 15.8 Å². The Hall–Kier alpha value is -3.16. The van der Waals surface area contributed by atoms with Gasteiger partial charge in [-0.2, -0.15) is 0 Å². The molecule has 4 rings (SSSR count). The van der Waals surface area contributed by atoms with Crippen LogP contribution in [0.4, 0.5) is 5.69 Å². The number of methoxy groups -OCH3 is 1. The van der Waals surface area contributed by atoms with Crippen molar-refractivity contribution in [1.82, 2.24) is 0 Å². The molecule has 1 unspecified atom stereocenters. The molecule has 7 heteroatoms. The first kappa shape index (κ1) is 18.2. The van der Waals surface area contributed by atoms with Crippen molar-refractivity contribution < 1.29 is 13.2 Å². The van der Waals surface area contributed by atoms with Crippen LogP contribution in [-0.2, 0) is 15.5 Å². The second kappa shape index (κ2) is 6.78. The van der Waals surface area contributed by atoms with Crippen molar-refractivity contribution in [3.63, 3.8) is 0 Å². The van der Waals surface area contributed by atoms with E-state index in [0.717, 1.165) is 11.3 Å². The van der Waals surface area contributed by atoms with Crippen LogP contribution in [0.25, 0.3) is 0 Å². The quantitative estimate of drug-likeness (QED) is 0.710. The zero-order valence-corrected chi connectivity index (χ0v) is 16.0. The van der Waals surface area contributed by atoms with Gasteiger partial charge in [0, 0.05) is 11.6 Å². The van der Waals surface area contributed by atoms with Gasteiger partial charge in [0.25, 0.3) is 0 Å². The Balaban J connectivity index is 1.74. The molecule has 6 nitrogen and oxygen atoms in total. The predicted octanol–water partition coefficient (Wildman–Crippen LogP) is 3.14. The van der Waals surface area contributed by atoms with Gasteiger partial charge in [-0.1, -0.05) is 30.3 Å². The third-order valence-electron chi connectivity index (χ3n) is 4.78. The standard InChI is InChI=1S/C21H19N3O3S/c1-27-16-9-12-19-20(13-16)23-14-24-21(19,22)15-7-10-18(11-8-15)28(25,26)17-5-3-2-4-6-17/h2-14H,22H2,1H3,(H,23,24). The smallest absolute Gasteiger partial charge is 0.206 e. The number of aliphatic imine (C=N–C) groups is 1. The minimum absolute atomic E-state index is 0.207. The van der Waals surface area contributed by atoms with Crippen LogP contribution in [0.2, 0.25) is 0 Å². The number of rotatable bonds is 4. The highest BCUT2D eigenvalue weighted by Crippen LogP contribution is 2.38. The van der Waals surface area contributed by atoms with Crippen molar-refractivity contribution >= 4 is 21.9 Å². The summed E-state index contributed by atoms with van der Waals surface area (Å²) in [5.41, 5.74) is 7.75. The largest absolute Gasteiger partial charge is 0.497 e. The molecular weight excluding hydrogens is 374 g/mol. The Morgan fingerprint density at radius 3 is 2.32 bits per heavy atom. The van der Waals surface area contributed by atoms with Crippen LogP contribution in [0.15, 0.2) is 87.6 Å². The summed E-state index contributed by atoms with van der Waals surface area (Å²) in [4.78, 5) is 4.89. The Morgan fingerprint density at radius 2 is 1.64 bits per heavy atom. The summed E-state index contributed by atoms with van der Waals surface area (Å²) >= 11 is 0. The molecule has 3 aromatic carbocycles. The first-order valence-corrected chi connectivity index (χ1v) is 10.1. The maximum absolute atomic E-state index is 12.8. The molecule has 1 aliphatic rings. The Bertz CT molecular complexity index is 1140. The van der Waals surface area contributed by atoms with Crippen LogP contribution >= 0.6 is 0 Å². The van der Waals surface area contributed by atoms with Crippen molar-refractivity contribution in [2.75, 3.05) is 12.4 Å². The summed E-state index contributed by atoms with van der Waals surface area (Å²) in [6, 6.07) is 20.4. The highest BCUT2D eigenvalue weighted by Gasteiger charge is 2.34. The van der Waals surface area contributed by atoms with E-state index in [0.29, 0.717) is 11.3 Å². The van der Waals surface area contributed by atoms with Crippen molar-refractivity contribution in [3.05, 3.63) is 83.9 Å². The van der Waals surface area contributed by atoms with Gasteiger partial charge in [-0.05, 0) is 42.0 Å². The Labute approximate surface area is 163 Å². The fraction of sp³-hybridized carbons (Fsp3) is 0.0952. The van der Waals surface area contributed by atoms with Crippen LogP contribution in [-0.4, -0.2) is 21.9 Å². The number of anilines is 1. The van der Waals surface area contributed by atoms with E-state index in [4.69, 9.17) is 10.5 Å². The molecule has 3 aromatic rings. The number of ether oxygens (including phenoxy) is 1. The molecule has 1 aliphatic heterocycles. The highest BCUT2D eigenvalue weighted by atomic mass is 32.2. The van der Waals surface area contributed by atoms with Crippen LogP contribution in [0.1, 0.15) is 11.1 Å². The molecule has 0 aromatic heterocycles. The molecule has 0 fully saturated rings. The van der Waals surface area contributed by atoms with E-state index < -0.39 is 15.5 Å². The molecule has 0 saturated carbocycles. The van der Waals surface area contributed by atoms with E-state index in [9.17, 15) is 8.42 Å². The van der Waals surface area contributed by atoms with E-state index >= 15 is 0 Å². The van der Waals surface area contributed by atoms with E-state index in [2.05, 4.69) is 10.3 Å². The maximum Gasteiger partial charge on any atom is 0.206 e. The lowest BCUT2D eigenvalue weighted by atomic mass is 9.90. The average molecular weight is 393 g/mol. The third kappa shape index (κ3) is 2.94. The number of fused-ring (bicyclic) bond motifs is 1. The van der Waals surface area contributed by atoms with E-state index in [-0.39, 0.29) is 9.79 Å². The SMILES string of the molecule is COc1ccc2c(c1)NC=NC2(N)c1ccc(S(=O)(=O)c2ccccc2)cc1. The van der Waals surface area contributed by atoms with Crippen molar-refractivity contribution in [3.8, 4) is 5.75 Å². The summed E-state index contributed by atoms with van der Waals surface area (Å²) in [6.45, 7) is 0. The molecule has 0 bridgehead atoms. The lowest BCUT2D eigenvalue weighted by molar-refractivity contribution is 0.414. The number of benzene rings is 3. The Morgan fingerprint density at radius 1 is 0.964 bits per heavy atom. The topological polar surface area (TPSA) is 93.8 Å². The molecule has 1 atom stereocenters. The second-order valence-corrected chi connectivity index (χ2v) is 8.37. The molecule has 0 aliphatic carbocycles. The lowest BCUT2D eigenvalue weighted by Gasteiger charge is -2.31. The maximum atomic E-state index is 12.8. The summed E-state index contributed by atoms with van der Waals surface area (Å²) in [5.74, 6) is 0.702. The van der Waals surface area contributed by atoms with Gasteiger partial charge < -0.3 is 10.1 Å². The van der Waals surface area contributed by atoms with Gasteiger partial charge in [0.2, 0.25) is 9.84 Å². The van der Waals surface area contributed by atoms with Gasteiger partial charge in [-0.3, -0.25) is 5.73 Å². The second-order valence-electron chi connectivity index (χ2n) is 6.42. The molecule has 28 heavy (non-hydrogen) atoms. The van der Waals surface area contributed by atoms with Gasteiger partial charge in [0.05, 0.1) is 28.9 Å². The zero-order chi connectivity index (χ0) is 19.8. The fourth-order valence-corrected chi connectivity index (χ4v) is 4.51. The summed E-state index contributed by atoms with van der Waals surface area (Å²) < 4.78 is 30.8. The van der Waals surface area contributed by atoms with Gasteiger partial charge in [0.1, 0.15) is 5.75 Å². The normalized spacial score (nSPS) is 18.2. The first-order chi connectivity index (χ1) is 13.4. The predicted molar refractivity (Wildman–Crippen MR) is 108 cm³/mol. The van der Waals surface area contributed by atoms with E-state index in [1.54, 1.807) is 61.7 Å². The van der Waals surface area contributed by atoms with Gasteiger partial charge >= 0.3 is 0 Å². The number of sulfone groups is 1. The minimum Gasteiger partial charge on any atom is -0.497 e. The molecule has 0 radical (unpaired) electrons. The lowest BCUT2D eigenvalue weighted by Crippen LogP contribution is -2.39. The third-order valence-corrected chi connectivity index (χ3v) is 6.57. The first-order valence-electron chi connectivity index (χ1n) is 8.63. The van der Waals surface area contributed by atoms with Crippen molar-refractivity contribution in [2.45, 2.75) is 15.5 Å². The molecule has 1 heterocycles. The monoisotopic (exact) mass is 393 g/mol. The van der Waals surface area contributed by atoms with Crippen molar-refractivity contribution in [1.29, 1.82) is 0 Å². The summed E-state index contributed by atoms with van der Waals surface area (Å²) in [5, 5.41) is 3.07. The number of hydrogen-bond donors (Lipinski definition) is 2. The van der Waals surface area contributed by atoms with Gasteiger partial charge in [0.15, 0.2) is 5.66 Å². The zero-order valence-electron chi connectivity index (χ0n) is 15.2. The van der Waals surface area contributed by atoms with E-state index in [1.165, 1.54) is 6.34 Å². The van der Waals surface area contributed by atoms with Crippen LogP contribution in [0, 0.1) is 0 Å². The molecule has 0 amide bonds.